The molecule has 1 saturated carbocycles. The molecule has 2 fully saturated rings. The van der Waals surface area contributed by atoms with E-state index in [4.69, 9.17) is 11.6 Å². The minimum atomic E-state index is -0.522. The molecule has 1 aromatic carbocycles. The summed E-state index contributed by atoms with van der Waals surface area (Å²) in [5.41, 5.74) is 0.0345. The maximum atomic E-state index is 13.8. The first-order chi connectivity index (χ1) is 11.1. The zero-order valence-corrected chi connectivity index (χ0v) is 14.1. The molecule has 1 heterocycles. The number of piperidine rings is 1. The number of rotatable bonds is 3. The molecule has 0 unspecified atom stereocenters. The number of nitrogens with one attached hydrogen (secondary N) is 1. The van der Waals surface area contributed by atoms with E-state index in [1.165, 1.54) is 50.3 Å². The molecule has 2 aliphatic rings. The van der Waals surface area contributed by atoms with Crippen molar-refractivity contribution in [1.29, 1.82) is 0 Å². The molecular formula is C18H24ClFN2O. The van der Waals surface area contributed by atoms with Crippen molar-refractivity contribution in [2.45, 2.75) is 57.0 Å². The predicted octanol–water partition coefficient (Wildman–Crippen LogP) is 4.01. The lowest BCUT2D eigenvalue weighted by Gasteiger charge is -2.39. The second kappa shape index (κ2) is 7.63. The molecule has 126 valence electrons. The third-order valence-electron chi connectivity index (χ3n) is 5.13. The fourth-order valence-corrected chi connectivity index (χ4v) is 3.96. The lowest BCUT2D eigenvalue weighted by molar-refractivity contribution is 0.0862. The Kier molecular flexibility index (Phi) is 5.54. The molecular weight excluding hydrogens is 315 g/mol. The third kappa shape index (κ3) is 4.24. The average molecular weight is 339 g/mol. The van der Waals surface area contributed by atoms with E-state index in [0.717, 1.165) is 32.0 Å². The summed E-state index contributed by atoms with van der Waals surface area (Å²) in [5.74, 6) is -0.882. The van der Waals surface area contributed by atoms with Gasteiger partial charge in [-0.1, -0.05) is 30.9 Å². The average Bonchev–Trinajstić information content (AvgIpc) is 2.58. The number of halogens is 2. The Morgan fingerprint density at radius 1 is 1.13 bits per heavy atom. The van der Waals surface area contributed by atoms with Crippen LogP contribution >= 0.6 is 11.6 Å². The molecule has 0 radical (unpaired) electrons. The van der Waals surface area contributed by atoms with Crippen LogP contribution in [0.1, 0.15) is 55.3 Å². The zero-order valence-electron chi connectivity index (χ0n) is 13.4. The van der Waals surface area contributed by atoms with Crippen LogP contribution in [0.25, 0.3) is 0 Å². The van der Waals surface area contributed by atoms with E-state index < -0.39 is 5.82 Å². The van der Waals surface area contributed by atoms with Crippen molar-refractivity contribution in [1.82, 2.24) is 10.2 Å². The maximum absolute atomic E-state index is 13.8. The van der Waals surface area contributed by atoms with Gasteiger partial charge in [-0.15, -0.1) is 0 Å². The van der Waals surface area contributed by atoms with Crippen molar-refractivity contribution in [3.63, 3.8) is 0 Å². The van der Waals surface area contributed by atoms with Gasteiger partial charge in [-0.3, -0.25) is 4.79 Å². The normalized spacial score (nSPS) is 21.3. The Balaban J connectivity index is 1.52. The Morgan fingerprint density at radius 2 is 1.83 bits per heavy atom. The van der Waals surface area contributed by atoms with Crippen molar-refractivity contribution in [2.24, 2.45) is 0 Å². The Labute approximate surface area is 142 Å². The molecule has 0 aromatic heterocycles. The second-order valence-electron chi connectivity index (χ2n) is 6.70. The Morgan fingerprint density at radius 3 is 2.52 bits per heavy atom. The van der Waals surface area contributed by atoms with Gasteiger partial charge in [0.15, 0.2) is 0 Å². The first-order valence-electron chi connectivity index (χ1n) is 8.63. The van der Waals surface area contributed by atoms with Gasteiger partial charge >= 0.3 is 0 Å². The highest BCUT2D eigenvalue weighted by atomic mass is 35.5. The van der Waals surface area contributed by atoms with E-state index in [1.54, 1.807) is 0 Å². The van der Waals surface area contributed by atoms with E-state index in [9.17, 15) is 9.18 Å². The van der Waals surface area contributed by atoms with Crippen molar-refractivity contribution < 1.29 is 9.18 Å². The number of nitrogens with zero attached hydrogens (tertiary/aromatic N) is 1. The van der Waals surface area contributed by atoms with E-state index in [1.807, 2.05) is 0 Å². The number of hydrogen-bond acceptors (Lipinski definition) is 2. The number of hydrogen-bond donors (Lipinski definition) is 1. The number of likely N-dealkylation sites (tertiary alicyclic amines) is 1. The van der Waals surface area contributed by atoms with Gasteiger partial charge in [0.2, 0.25) is 0 Å². The molecule has 23 heavy (non-hydrogen) atoms. The van der Waals surface area contributed by atoms with Gasteiger partial charge in [0.05, 0.1) is 5.56 Å². The second-order valence-corrected chi connectivity index (χ2v) is 7.14. The maximum Gasteiger partial charge on any atom is 0.254 e. The third-order valence-corrected chi connectivity index (χ3v) is 5.36. The minimum absolute atomic E-state index is 0.0345. The summed E-state index contributed by atoms with van der Waals surface area (Å²) < 4.78 is 13.8. The van der Waals surface area contributed by atoms with Crippen molar-refractivity contribution in [3.05, 3.63) is 34.6 Å². The molecule has 1 saturated heterocycles. The number of benzene rings is 1. The molecule has 0 bridgehead atoms. The standard InChI is InChI=1S/C18H24ClFN2O/c19-13-6-7-17(20)16(12-13)18(23)21-14-8-10-22(11-9-14)15-4-2-1-3-5-15/h6-7,12,14-15H,1-5,8-11H2,(H,21,23). The van der Waals surface area contributed by atoms with Crippen molar-refractivity contribution >= 4 is 17.5 Å². The van der Waals surface area contributed by atoms with Gasteiger partial charge in [-0.05, 0) is 43.9 Å². The Hall–Kier alpha value is -1.13. The largest absolute Gasteiger partial charge is 0.349 e. The van der Waals surface area contributed by atoms with Crippen molar-refractivity contribution in [2.75, 3.05) is 13.1 Å². The van der Waals surface area contributed by atoms with Gasteiger partial charge in [0.1, 0.15) is 5.82 Å². The quantitative estimate of drug-likeness (QED) is 0.903. The van der Waals surface area contributed by atoms with Crippen LogP contribution in [-0.4, -0.2) is 36.0 Å². The van der Waals surface area contributed by atoms with Crippen LogP contribution in [0, 0.1) is 5.82 Å². The fourth-order valence-electron chi connectivity index (χ4n) is 3.79. The summed E-state index contributed by atoms with van der Waals surface area (Å²) >= 11 is 5.86. The predicted molar refractivity (Wildman–Crippen MR) is 90.3 cm³/mol. The molecule has 5 heteroatoms. The summed E-state index contributed by atoms with van der Waals surface area (Å²) in [6.45, 7) is 2.04. The molecule has 3 rings (SSSR count). The van der Waals surface area contributed by atoms with E-state index >= 15 is 0 Å². The summed E-state index contributed by atoms with van der Waals surface area (Å²) in [4.78, 5) is 14.8. The summed E-state index contributed by atoms with van der Waals surface area (Å²) in [6.07, 6.45) is 8.54. The molecule has 1 aliphatic carbocycles. The van der Waals surface area contributed by atoms with E-state index in [2.05, 4.69) is 10.2 Å². The summed E-state index contributed by atoms with van der Waals surface area (Å²) in [5, 5.41) is 3.34. The van der Waals surface area contributed by atoms with Crippen LogP contribution in [0.3, 0.4) is 0 Å². The van der Waals surface area contributed by atoms with Gasteiger partial charge in [-0.2, -0.15) is 0 Å². The molecule has 0 atom stereocenters. The van der Waals surface area contributed by atoms with Crippen LogP contribution < -0.4 is 5.32 Å². The zero-order chi connectivity index (χ0) is 16.2. The van der Waals surface area contributed by atoms with Gasteiger partial charge < -0.3 is 10.2 Å². The number of amides is 1. The molecule has 1 N–H and O–H groups in total. The van der Waals surface area contributed by atoms with Crippen LogP contribution in [0.15, 0.2) is 18.2 Å². The van der Waals surface area contributed by atoms with Crippen LogP contribution in [0.5, 0.6) is 0 Å². The smallest absolute Gasteiger partial charge is 0.254 e. The molecule has 0 spiro atoms. The lowest BCUT2D eigenvalue weighted by atomic mass is 9.92. The summed E-state index contributed by atoms with van der Waals surface area (Å²) in [6, 6.07) is 4.94. The minimum Gasteiger partial charge on any atom is -0.349 e. The van der Waals surface area contributed by atoms with Crippen LogP contribution in [-0.2, 0) is 0 Å². The molecule has 1 aliphatic heterocycles. The first kappa shape index (κ1) is 16.7. The van der Waals surface area contributed by atoms with Crippen LogP contribution in [0.4, 0.5) is 4.39 Å². The highest BCUT2D eigenvalue weighted by Gasteiger charge is 2.27. The van der Waals surface area contributed by atoms with E-state index in [-0.39, 0.29) is 17.5 Å². The summed E-state index contributed by atoms with van der Waals surface area (Å²) in [7, 11) is 0. The lowest BCUT2D eigenvalue weighted by Crippen LogP contribution is -2.48. The fraction of sp³-hybridized carbons (Fsp3) is 0.611. The van der Waals surface area contributed by atoms with Crippen LogP contribution in [0.2, 0.25) is 5.02 Å². The van der Waals surface area contributed by atoms with E-state index in [0.29, 0.717) is 5.02 Å². The molecule has 1 aromatic rings. The first-order valence-corrected chi connectivity index (χ1v) is 9.01. The van der Waals surface area contributed by atoms with Crippen molar-refractivity contribution in [3.8, 4) is 0 Å². The van der Waals surface area contributed by atoms with Gasteiger partial charge in [0.25, 0.3) is 5.91 Å². The number of carbonyl (C=O) groups is 1. The van der Waals surface area contributed by atoms with Gasteiger partial charge in [0, 0.05) is 30.2 Å². The van der Waals surface area contributed by atoms with Gasteiger partial charge in [-0.25, -0.2) is 4.39 Å². The monoisotopic (exact) mass is 338 g/mol. The molecule has 1 amide bonds. The highest BCUT2D eigenvalue weighted by molar-refractivity contribution is 6.31. The topological polar surface area (TPSA) is 32.3 Å². The number of carbonyl (C=O) groups excluding carboxylic acids is 1. The molecule has 3 nitrogen and oxygen atoms in total. The SMILES string of the molecule is O=C(NC1CCN(C2CCCCC2)CC1)c1cc(Cl)ccc1F. The highest BCUT2D eigenvalue weighted by Crippen LogP contribution is 2.25. The Bertz CT molecular complexity index is 552.